The zero-order valence-electron chi connectivity index (χ0n) is 15.3. The van der Waals surface area contributed by atoms with Crippen LogP contribution in [0.25, 0.3) is 0 Å². The highest BCUT2D eigenvalue weighted by atomic mass is 16.5. The first-order valence-electron chi connectivity index (χ1n) is 8.08. The first-order valence-corrected chi connectivity index (χ1v) is 8.08. The molecule has 22 heavy (non-hydrogen) atoms. The minimum atomic E-state index is 0.731. The first-order chi connectivity index (χ1) is 10.2. The third-order valence-electron chi connectivity index (χ3n) is 3.73. The summed E-state index contributed by atoms with van der Waals surface area (Å²) < 4.78 is 13.4. The Labute approximate surface area is 136 Å². The number of rotatable bonds is 10. The molecule has 0 aromatic heterocycles. The SMILES string of the molecule is Cc1ccc(OCC[N+](C)(C)CCOCC[N+](C)(C)C)cc1. The van der Waals surface area contributed by atoms with Gasteiger partial charge in [-0.25, -0.2) is 0 Å². The largest absolute Gasteiger partial charge is 0.488 e. The topological polar surface area (TPSA) is 18.5 Å². The van der Waals surface area contributed by atoms with Gasteiger partial charge in [-0.05, 0) is 19.1 Å². The van der Waals surface area contributed by atoms with Crippen LogP contribution in [0, 0.1) is 6.92 Å². The second-order valence-corrected chi connectivity index (χ2v) is 7.67. The van der Waals surface area contributed by atoms with Gasteiger partial charge in [0.05, 0.1) is 48.5 Å². The number of likely N-dealkylation sites (N-methyl/N-ethyl adjacent to an activating group) is 2. The van der Waals surface area contributed by atoms with Crippen molar-refractivity contribution in [3.8, 4) is 5.75 Å². The highest BCUT2D eigenvalue weighted by Crippen LogP contribution is 2.11. The molecule has 4 nitrogen and oxygen atoms in total. The molecule has 0 aliphatic heterocycles. The maximum atomic E-state index is 5.81. The average molecular weight is 310 g/mol. The van der Waals surface area contributed by atoms with E-state index in [1.54, 1.807) is 0 Å². The van der Waals surface area contributed by atoms with E-state index in [0.717, 1.165) is 54.2 Å². The summed E-state index contributed by atoms with van der Waals surface area (Å²) in [6.45, 7) is 7.48. The van der Waals surface area contributed by atoms with Crippen molar-refractivity contribution < 1.29 is 18.4 Å². The van der Waals surface area contributed by atoms with Crippen LogP contribution in [0.2, 0.25) is 0 Å². The summed E-state index contributed by atoms with van der Waals surface area (Å²) >= 11 is 0. The molecule has 0 aliphatic rings. The molecular formula is C18H34N2O2+2. The van der Waals surface area contributed by atoms with Gasteiger partial charge in [0.1, 0.15) is 32.0 Å². The van der Waals surface area contributed by atoms with Crippen molar-refractivity contribution in [1.29, 1.82) is 0 Å². The van der Waals surface area contributed by atoms with E-state index in [9.17, 15) is 0 Å². The van der Waals surface area contributed by atoms with Crippen LogP contribution in [0.5, 0.6) is 5.75 Å². The number of benzene rings is 1. The smallest absolute Gasteiger partial charge is 0.137 e. The van der Waals surface area contributed by atoms with Gasteiger partial charge in [0.15, 0.2) is 0 Å². The van der Waals surface area contributed by atoms with Crippen LogP contribution >= 0.6 is 0 Å². The lowest BCUT2D eigenvalue weighted by Crippen LogP contribution is -2.45. The van der Waals surface area contributed by atoms with Crippen molar-refractivity contribution in [3.63, 3.8) is 0 Å². The van der Waals surface area contributed by atoms with Gasteiger partial charge in [-0.1, -0.05) is 17.7 Å². The molecular weight excluding hydrogens is 276 g/mol. The second kappa shape index (κ2) is 8.51. The predicted molar refractivity (Wildman–Crippen MR) is 92.2 cm³/mol. The van der Waals surface area contributed by atoms with Gasteiger partial charge in [0.2, 0.25) is 0 Å². The molecule has 0 bridgehead atoms. The molecule has 0 radical (unpaired) electrons. The minimum Gasteiger partial charge on any atom is -0.488 e. The van der Waals surface area contributed by atoms with E-state index >= 15 is 0 Å². The number of nitrogens with zero attached hydrogens (tertiary/aromatic N) is 2. The van der Waals surface area contributed by atoms with E-state index in [2.05, 4.69) is 54.3 Å². The van der Waals surface area contributed by atoms with Gasteiger partial charge in [0.25, 0.3) is 0 Å². The molecule has 0 N–H and O–H groups in total. The summed E-state index contributed by atoms with van der Waals surface area (Å²) in [4.78, 5) is 0. The Hall–Kier alpha value is -1.10. The summed E-state index contributed by atoms with van der Waals surface area (Å²) in [5, 5.41) is 0. The Morgan fingerprint density at radius 1 is 0.773 bits per heavy atom. The number of hydrogen-bond donors (Lipinski definition) is 0. The van der Waals surface area contributed by atoms with Gasteiger partial charge >= 0.3 is 0 Å². The maximum Gasteiger partial charge on any atom is 0.137 e. The van der Waals surface area contributed by atoms with Crippen LogP contribution < -0.4 is 4.74 Å². The average Bonchev–Trinajstić information content (AvgIpc) is 2.39. The standard InChI is InChI=1S/C18H34N2O2/c1-17-7-9-18(10-8-17)22-16-13-20(5,6)12-15-21-14-11-19(2,3)4/h7-10H,11-16H2,1-6H3/q+2. The third-order valence-corrected chi connectivity index (χ3v) is 3.73. The zero-order valence-corrected chi connectivity index (χ0v) is 15.3. The highest BCUT2D eigenvalue weighted by molar-refractivity contribution is 5.26. The fourth-order valence-electron chi connectivity index (χ4n) is 1.91. The fourth-order valence-corrected chi connectivity index (χ4v) is 1.91. The van der Waals surface area contributed by atoms with Crippen molar-refractivity contribution >= 4 is 0 Å². The Morgan fingerprint density at radius 3 is 1.91 bits per heavy atom. The molecule has 0 atom stereocenters. The highest BCUT2D eigenvalue weighted by Gasteiger charge is 2.15. The Bertz CT molecular complexity index is 422. The Morgan fingerprint density at radius 2 is 1.32 bits per heavy atom. The summed E-state index contributed by atoms with van der Waals surface area (Å²) in [6.07, 6.45) is 0. The van der Waals surface area contributed by atoms with E-state index in [4.69, 9.17) is 9.47 Å². The molecule has 0 saturated carbocycles. The number of aryl methyl sites for hydroxylation is 1. The third kappa shape index (κ3) is 9.03. The number of quaternary nitrogens is 2. The van der Waals surface area contributed by atoms with Gasteiger partial charge < -0.3 is 18.4 Å². The molecule has 0 amide bonds. The van der Waals surface area contributed by atoms with Crippen LogP contribution in [-0.4, -0.2) is 83.7 Å². The van der Waals surface area contributed by atoms with Crippen LogP contribution in [-0.2, 0) is 4.74 Å². The molecule has 4 heteroatoms. The van der Waals surface area contributed by atoms with Gasteiger partial charge in [0, 0.05) is 0 Å². The van der Waals surface area contributed by atoms with Crippen LogP contribution in [0.4, 0.5) is 0 Å². The lowest BCUT2D eigenvalue weighted by molar-refractivity contribution is -0.891. The van der Waals surface area contributed by atoms with E-state index in [-0.39, 0.29) is 0 Å². The molecule has 0 heterocycles. The molecule has 0 fully saturated rings. The zero-order chi connectivity index (χ0) is 16.6. The van der Waals surface area contributed by atoms with Gasteiger partial charge in [-0.3, -0.25) is 0 Å². The van der Waals surface area contributed by atoms with Crippen molar-refractivity contribution in [3.05, 3.63) is 29.8 Å². The van der Waals surface area contributed by atoms with Crippen molar-refractivity contribution in [2.75, 3.05) is 74.7 Å². The molecule has 1 rings (SSSR count). The monoisotopic (exact) mass is 310 g/mol. The maximum absolute atomic E-state index is 5.81. The van der Waals surface area contributed by atoms with Crippen molar-refractivity contribution in [2.45, 2.75) is 6.92 Å². The minimum absolute atomic E-state index is 0.731. The lowest BCUT2D eigenvalue weighted by Gasteiger charge is -2.30. The van der Waals surface area contributed by atoms with Crippen LogP contribution in [0.3, 0.4) is 0 Å². The van der Waals surface area contributed by atoms with E-state index in [0.29, 0.717) is 0 Å². The Kier molecular flexibility index (Phi) is 7.33. The normalized spacial score (nSPS) is 12.5. The summed E-state index contributed by atoms with van der Waals surface area (Å²) in [7, 11) is 11.0. The Balaban J connectivity index is 2.16. The first kappa shape index (κ1) is 18.9. The summed E-state index contributed by atoms with van der Waals surface area (Å²) in [5.74, 6) is 0.949. The lowest BCUT2D eigenvalue weighted by atomic mass is 10.2. The van der Waals surface area contributed by atoms with Gasteiger partial charge in [-0.2, -0.15) is 0 Å². The fraction of sp³-hybridized carbons (Fsp3) is 0.667. The van der Waals surface area contributed by atoms with Crippen molar-refractivity contribution in [2.24, 2.45) is 0 Å². The molecule has 1 aromatic carbocycles. The molecule has 0 saturated heterocycles. The van der Waals surface area contributed by atoms with Crippen LogP contribution in [0.15, 0.2) is 24.3 Å². The quantitative estimate of drug-likeness (QED) is 0.487. The summed E-state index contributed by atoms with van der Waals surface area (Å²) in [6, 6.07) is 8.22. The molecule has 1 aromatic rings. The van der Waals surface area contributed by atoms with E-state index in [1.807, 2.05) is 12.1 Å². The van der Waals surface area contributed by atoms with Crippen molar-refractivity contribution in [1.82, 2.24) is 0 Å². The predicted octanol–water partition coefficient (Wildman–Crippen LogP) is 2.17. The van der Waals surface area contributed by atoms with E-state index in [1.165, 1.54) is 5.56 Å². The van der Waals surface area contributed by atoms with Gasteiger partial charge in [-0.15, -0.1) is 0 Å². The number of hydrogen-bond acceptors (Lipinski definition) is 2. The number of ether oxygens (including phenoxy) is 2. The molecule has 126 valence electrons. The molecule has 0 spiro atoms. The van der Waals surface area contributed by atoms with E-state index < -0.39 is 0 Å². The second-order valence-electron chi connectivity index (χ2n) is 7.67. The molecule has 0 unspecified atom stereocenters. The van der Waals surface area contributed by atoms with Crippen LogP contribution in [0.1, 0.15) is 5.56 Å². The summed E-state index contributed by atoms with van der Waals surface area (Å²) in [5.41, 5.74) is 1.26. The molecule has 0 aliphatic carbocycles.